The van der Waals surface area contributed by atoms with Crippen molar-refractivity contribution < 1.29 is 18.9 Å². The van der Waals surface area contributed by atoms with E-state index in [-0.39, 0.29) is 18.3 Å². The van der Waals surface area contributed by atoms with Gasteiger partial charge in [-0.25, -0.2) is 0 Å². The molecule has 0 amide bonds. The molecule has 0 saturated carbocycles. The average molecular weight is 302 g/mol. The number of fused-ring (bicyclic) bond motifs is 1. The molecule has 4 heteroatoms. The minimum atomic E-state index is -0.0452. The quantitative estimate of drug-likeness (QED) is 0.849. The Morgan fingerprint density at radius 1 is 1.09 bits per heavy atom. The molecule has 4 nitrogen and oxygen atoms in total. The maximum absolute atomic E-state index is 6.15. The molecule has 1 saturated heterocycles. The first kappa shape index (κ1) is 15.3. The fourth-order valence-corrected chi connectivity index (χ4v) is 3.14. The van der Waals surface area contributed by atoms with Gasteiger partial charge in [0.05, 0.1) is 25.9 Å². The van der Waals surface area contributed by atoms with Crippen LogP contribution in [0.5, 0.6) is 5.75 Å². The molecule has 0 spiro atoms. The summed E-state index contributed by atoms with van der Waals surface area (Å²) in [5.74, 6) is 0.858. The van der Waals surface area contributed by atoms with Crippen molar-refractivity contribution in [1.29, 1.82) is 0 Å². The van der Waals surface area contributed by atoms with Crippen LogP contribution in [0.2, 0.25) is 0 Å². The van der Waals surface area contributed by atoms with E-state index in [9.17, 15) is 0 Å². The largest absolute Gasteiger partial charge is 0.496 e. The molecule has 0 N–H and O–H groups in total. The Morgan fingerprint density at radius 2 is 1.82 bits per heavy atom. The fourth-order valence-electron chi connectivity index (χ4n) is 3.14. The first-order chi connectivity index (χ1) is 10.8. The Hall–Kier alpha value is -1.62. The Bertz CT molecular complexity index is 640. The van der Waals surface area contributed by atoms with E-state index in [1.165, 1.54) is 5.39 Å². The minimum absolute atomic E-state index is 0.0374. The SMILES string of the molecule is COCC1OC(c2cc3ccccc3cc2OC)CC1OC. The lowest BCUT2D eigenvalue weighted by molar-refractivity contribution is -0.0448. The van der Waals surface area contributed by atoms with Crippen LogP contribution >= 0.6 is 0 Å². The summed E-state index contributed by atoms with van der Waals surface area (Å²) in [6.45, 7) is 0.533. The van der Waals surface area contributed by atoms with Crippen LogP contribution in [0, 0.1) is 0 Å². The van der Waals surface area contributed by atoms with Crippen LogP contribution in [0.1, 0.15) is 18.1 Å². The van der Waals surface area contributed by atoms with Crippen molar-refractivity contribution in [1.82, 2.24) is 0 Å². The van der Waals surface area contributed by atoms with Crippen LogP contribution in [0.4, 0.5) is 0 Å². The molecule has 2 aromatic rings. The number of rotatable bonds is 5. The van der Waals surface area contributed by atoms with E-state index < -0.39 is 0 Å². The molecule has 1 fully saturated rings. The summed E-state index contributed by atoms with van der Waals surface area (Å²) in [6, 6.07) is 12.5. The zero-order chi connectivity index (χ0) is 15.5. The van der Waals surface area contributed by atoms with Crippen molar-refractivity contribution in [3.63, 3.8) is 0 Å². The van der Waals surface area contributed by atoms with Crippen LogP contribution < -0.4 is 4.74 Å². The Morgan fingerprint density at radius 3 is 2.45 bits per heavy atom. The Kier molecular flexibility index (Phi) is 4.62. The van der Waals surface area contributed by atoms with Gasteiger partial charge in [0.25, 0.3) is 0 Å². The summed E-state index contributed by atoms with van der Waals surface area (Å²) < 4.78 is 22.5. The smallest absolute Gasteiger partial charge is 0.125 e. The first-order valence-corrected chi connectivity index (χ1v) is 7.50. The van der Waals surface area contributed by atoms with Gasteiger partial charge in [-0.15, -0.1) is 0 Å². The van der Waals surface area contributed by atoms with E-state index in [0.29, 0.717) is 6.61 Å². The third-order valence-electron chi connectivity index (χ3n) is 4.28. The van der Waals surface area contributed by atoms with Gasteiger partial charge in [0.1, 0.15) is 11.9 Å². The van der Waals surface area contributed by atoms with Crippen LogP contribution in [0.15, 0.2) is 36.4 Å². The molecular formula is C18H22O4. The van der Waals surface area contributed by atoms with Crippen LogP contribution in [0.25, 0.3) is 10.8 Å². The number of ether oxygens (including phenoxy) is 4. The molecule has 2 aromatic carbocycles. The van der Waals surface area contributed by atoms with E-state index >= 15 is 0 Å². The van der Waals surface area contributed by atoms with E-state index in [1.54, 1.807) is 21.3 Å². The summed E-state index contributed by atoms with van der Waals surface area (Å²) in [7, 11) is 5.10. The number of methoxy groups -OCH3 is 3. The van der Waals surface area contributed by atoms with Crippen LogP contribution in [-0.4, -0.2) is 40.1 Å². The summed E-state index contributed by atoms with van der Waals surface area (Å²) in [6.07, 6.45) is 0.765. The normalized spacial score (nSPS) is 24.8. The van der Waals surface area contributed by atoms with E-state index in [4.69, 9.17) is 18.9 Å². The van der Waals surface area contributed by atoms with Crippen LogP contribution in [0.3, 0.4) is 0 Å². The maximum atomic E-state index is 6.15. The van der Waals surface area contributed by atoms with E-state index in [0.717, 1.165) is 23.1 Å². The van der Waals surface area contributed by atoms with Crippen molar-refractivity contribution in [3.05, 3.63) is 42.0 Å². The summed E-state index contributed by atoms with van der Waals surface area (Å²) in [5.41, 5.74) is 1.07. The van der Waals surface area contributed by atoms with Crippen molar-refractivity contribution in [2.75, 3.05) is 27.9 Å². The van der Waals surface area contributed by atoms with Crippen molar-refractivity contribution in [3.8, 4) is 5.75 Å². The van der Waals surface area contributed by atoms with E-state index in [2.05, 4.69) is 24.3 Å². The third kappa shape index (κ3) is 2.82. The summed E-state index contributed by atoms with van der Waals surface area (Å²) in [5, 5.41) is 2.35. The molecule has 0 aromatic heterocycles. The molecule has 1 aliphatic heterocycles. The lowest BCUT2D eigenvalue weighted by atomic mass is 9.99. The topological polar surface area (TPSA) is 36.9 Å². The van der Waals surface area contributed by atoms with Gasteiger partial charge in [-0.3, -0.25) is 0 Å². The molecule has 22 heavy (non-hydrogen) atoms. The van der Waals surface area contributed by atoms with Gasteiger partial charge in [-0.2, -0.15) is 0 Å². The zero-order valence-electron chi connectivity index (χ0n) is 13.2. The predicted octanol–water partition coefficient (Wildman–Crippen LogP) is 3.34. The standard InChI is InChI=1S/C18H22O4/c1-19-11-18-17(21-3)10-16(22-18)14-8-12-6-4-5-7-13(12)9-15(14)20-2/h4-9,16-18H,10-11H2,1-3H3. The van der Waals surface area contributed by atoms with Crippen molar-refractivity contribution in [2.24, 2.45) is 0 Å². The molecule has 0 bridgehead atoms. The lowest BCUT2D eigenvalue weighted by Gasteiger charge is -2.17. The number of hydrogen-bond donors (Lipinski definition) is 0. The molecular weight excluding hydrogens is 280 g/mol. The van der Waals surface area contributed by atoms with Gasteiger partial charge >= 0.3 is 0 Å². The van der Waals surface area contributed by atoms with Gasteiger partial charge in [0.15, 0.2) is 0 Å². The number of benzene rings is 2. The van der Waals surface area contributed by atoms with Crippen LogP contribution in [-0.2, 0) is 14.2 Å². The molecule has 3 atom stereocenters. The molecule has 0 radical (unpaired) electrons. The minimum Gasteiger partial charge on any atom is -0.496 e. The molecule has 118 valence electrons. The maximum Gasteiger partial charge on any atom is 0.125 e. The lowest BCUT2D eigenvalue weighted by Crippen LogP contribution is -2.27. The Balaban J connectivity index is 1.95. The van der Waals surface area contributed by atoms with E-state index in [1.807, 2.05) is 12.1 Å². The monoisotopic (exact) mass is 302 g/mol. The van der Waals surface area contributed by atoms with Gasteiger partial charge in [0, 0.05) is 26.2 Å². The molecule has 0 aliphatic carbocycles. The van der Waals surface area contributed by atoms with Crippen molar-refractivity contribution in [2.45, 2.75) is 24.7 Å². The Labute approximate surface area is 130 Å². The highest BCUT2D eigenvalue weighted by Gasteiger charge is 2.37. The molecule has 3 rings (SSSR count). The van der Waals surface area contributed by atoms with Gasteiger partial charge in [-0.05, 0) is 22.9 Å². The van der Waals surface area contributed by atoms with Gasteiger partial charge in [-0.1, -0.05) is 24.3 Å². The second kappa shape index (κ2) is 6.65. The third-order valence-corrected chi connectivity index (χ3v) is 4.28. The summed E-state index contributed by atoms with van der Waals surface area (Å²) >= 11 is 0. The highest BCUT2D eigenvalue weighted by atomic mass is 16.6. The summed E-state index contributed by atoms with van der Waals surface area (Å²) in [4.78, 5) is 0. The molecule has 1 aliphatic rings. The second-order valence-corrected chi connectivity index (χ2v) is 5.57. The van der Waals surface area contributed by atoms with Gasteiger partial charge < -0.3 is 18.9 Å². The first-order valence-electron chi connectivity index (χ1n) is 7.50. The second-order valence-electron chi connectivity index (χ2n) is 5.57. The fraction of sp³-hybridized carbons (Fsp3) is 0.444. The van der Waals surface area contributed by atoms with Crippen molar-refractivity contribution >= 4 is 10.8 Å². The number of hydrogen-bond acceptors (Lipinski definition) is 4. The molecule has 3 unspecified atom stereocenters. The molecule has 1 heterocycles. The zero-order valence-corrected chi connectivity index (χ0v) is 13.2. The highest BCUT2D eigenvalue weighted by molar-refractivity contribution is 5.85. The van der Waals surface area contributed by atoms with Gasteiger partial charge in [0.2, 0.25) is 0 Å². The predicted molar refractivity (Wildman–Crippen MR) is 85.4 cm³/mol. The highest BCUT2D eigenvalue weighted by Crippen LogP contribution is 2.40. The average Bonchev–Trinajstić information content (AvgIpc) is 2.96.